The first kappa shape index (κ1) is 16.2. The first-order valence-electron chi connectivity index (χ1n) is 13.9. The maximum absolute atomic E-state index is 12.5. The number of hydrogen-bond donors (Lipinski definition) is 2. The van der Waals surface area contributed by atoms with Crippen LogP contribution in [-0.4, -0.2) is 66.8 Å². The summed E-state index contributed by atoms with van der Waals surface area (Å²) in [5, 5.41) is 14.1. The maximum atomic E-state index is 12.5. The largest absolute Gasteiger partial charge is 0.381 e. The van der Waals surface area contributed by atoms with E-state index in [1.54, 1.807) is 30.3 Å². The summed E-state index contributed by atoms with van der Waals surface area (Å²) in [6, 6.07) is 10.6. The number of fused-ring (bicyclic) bond motifs is 1. The molecule has 1 saturated carbocycles. The van der Waals surface area contributed by atoms with Crippen molar-refractivity contribution in [3.63, 3.8) is 0 Å². The third-order valence-electron chi connectivity index (χ3n) is 6.92. The molecule has 7 nitrogen and oxygen atoms in total. The van der Waals surface area contributed by atoms with Gasteiger partial charge in [-0.1, -0.05) is 18.2 Å². The first-order valence-corrected chi connectivity index (χ1v) is 11.4. The number of rotatable bonds is 6. The molecule has 1 aliphatic carbocycles. The summed E-state index contributed by atoms with van der Waals surface area (Å²) in [7, 11) is 0. The van der Waals surface area contributed by atoms with Gasteiger partial charge in [-0.05, 0) is 61.6 Å². The molecule has 32 heavy (non-hydrogen) atoms. The number of aromatic nitrogens is 2. The molecule has 2 saturated heterocycles. The van der Waals surface area contributed by atoms with E-state index in [-0.39, 0.29) is 17.5 Å². The molecule has 5 rings (SSSR count). The van der Waals surface area contributed by atoms with Gasteiger partial charge in [0.1, 0.15) is 5.82 Å². The van der Waals surface area contributed by atoms with Crippen molar-refractivity contribution in [1.82, 2.24) is 20.4 Å². The molecular formula is C25H33N5O2. The van der Waals surface area contributed by atoms with E-state index in [0.717, 1.165) is 38.8 Å². The molecule has 2 aliphatic heterocycles. The van der Waals surface area contributed by atoms with E-state index < -0.39 is 19.4 Å². The number of nitrogens with one attached hydrogen (secondary N) is 2. The zero-order valence-corrected chi connectivity index (χ0v) is 18.1. The van der Waals surface area contributed by atoms with E-state index in [4.69, 9.17) is 11.6 Å². The maximum Gasteiger partial charge on any atom is 0.251 e. The zero-order valence-electron chi connectivity index (χ0n) is 23.1. The second kappa shape index (κ2) is 9.55. The SMILES string of the molecule is [2H]C([2H])([2H])NC(=O)c1ccccc1-c1ccc(NC2C[C@@H]3CN(C([2H])([2H])C4CCOCC4)C[C@@H]3C2)nn1. The number of ether oxygens (including phenoxy) is 1. The van der Waals surface area contributed by atoms with Crippen LogP contribution >= 0.6 is 0 Å². The van der Waals surface area contributed by atoms with Gasteiger partial charge in [0, 0.05) is 63.8 Å². The van der Waals surface area contributed by atoms with Crippen LogP contribution in [0.5, 0.6) is 0 Å². The van der Waals surface area contributed by atoms with Crippen LogP contribution in [0.2, 0.25) is 0 Å². The molecule has 0 radical (unpaired) electrons. The zero-order chi connectivity index (χ0) is 26.2. The molecule has 3 atom stereocenters. The Morgan fingerprint density at radius 3 is 2.66 bits per heavy atom. The van der Waals surface area contributed by atoms with Gasteiger partial charge in [-0.3, -0.25) is 4.79 Å². The molecule has 1 unspecified atom stereocenters. The fraction of sp³-hybridized carbons (Fsp3) is 0.560. The van der Waals surface area contributed by atoms with Gasteiger partial charge in [0.05, 0.1) is 5.69 Å². The topological polar surface area (TPSA) is 79.4 Å². The highest BCUT2D eigenvalue weighted by Crippen LogP contribution is 2.39. The van der Waals surface area contributed by atoms with E-state index in [2.05, 4.69) is 20.4 Å². The molecule has 170 valence electrons. The summed E-state index contributed by atoms with van der Waals surface area (Å²) >= 11 is 0. The monoisotopic (exact) mass is 440 g/mol. The van der Waals surface area contributed by atoms with Crippen molar-refractivity contribution in [2.24, 2.45) is 17.8 Å². The quantitative estimate of drug-likeness (QED) is 0.719. The third kappa shape index (κ3) is 4.64. The van der Waals surface area contributed by atoms with Crippen molar-refractivity contribution < 1.29 is 16.4 Å². The van der Waals surface area contributed by atoms with Crippen LogP contribution in [0.3, 0.4) is 0 Å². The fourth-order valence-electron chi connectivity index (χ4n) is 5.34. The van der Waals surface area contributed by atoms with Crippen LogP contribution in [0, 0.1) is 17.8 Å². The Balaban J connectivity index is 1.19. The molecule has 2 aromatic rings. The average molecular weight is 441 g/mol. The van der Waals surface area contributed by atoms with Gasteiger partial charge in [-0.2, -0.15) is 0 Å². The number of benzene rings is 1. The molecule has 1 aromatic carbocycles. The van der Waals surface area contributed by atoms with Gasteiger partial charge in [-0.15, -0.1) is 10.2 Å². The van der Waals surface area contributed by atoms with Crippen LogP contribution in [0.25, 0.3) is 11.3 Å². The normalized spacial score (nSPS) is 29.2. The Morgan fingerprint density at radius 2 is 1.94 bits per heavy atom. The third-order valence-corrected chi connectivity index (χ3v) is 6.92. The van der Waals surface area contributed by atoms with Crippen molar-refractivity contribution in [2.45, 2.75) is 31.7 Å². The Hall–Kier alpha value is -2.51. The van der Waals surface area contributed by atoms with Crippen molar-refractivity contribution >= 4 is 11.7 Å². The van der Waals surface area contributed by atoms with Crippen LogP contribution < -0.4 is 10.6 Å². The van der Waals surface area contributed by atoms with Crippen LogP contribution in [0.4, 0.5) is 5.82 Å². The minimum atomic E-state index is -2.58. The van der Waals surface area contributed by atoms with E-state index in [1.807, 2.05) is 11.4 Å². The smallest absolute Gasteiger partial charge is 0.251 e. The lowest BCUT2D eigenvalue weighted by atomic mass is 10.00. The molecule has 2 N–H and O–H groups in total. The summed E-state index contributed by atoms with van der Waals surface area (Å²) in [5.41, 5.74) is 1.22. The second-order valence-electron chi connectivity index (χ2n) is 9.06. The number of carbonyl (C=O) groups is 1. The number of likely N-dealkylation sites (tertiary alicyclic amines) is 1. The summed E-state index contributed by atoms with van der Waals surface area (Å²) in [6.07, 6.45) is 3.50. The van der Waals surface area contributed by atoms with Gasteiger partial charge in [-0.25, -0.2) is 0 Å². The molecule has 3 aliphatic rings. The lowest BCUT2D eigenvalue weighted by molar-refractivity contribution is 0.0545. The Bertz CT molecular complexity index is 1090. The summed E-state index contributed by atoms with van der Waals surface area (Å²) in [4.78, 5) is 14.5. The molecule has 1 aromatic heterocycles. The molecule has 1 amide bonds. The highest BCUT2D eigenvalue weighted by molar-refractivity contribution is 6.00. The molecule has 0 spiro atoms. The number of carbonyl (C=O) groups excluding carboxylic acids is 1. The van der Waals surface area contributed by atoms with Crippen molar-refractivity contribution in [3.8, 4) is 11.3 Å². The van der Waals surface area contributed by atoms with Crippen LogP contribution in [0.15, 0.2) is 36.4 Å². The van der Waals surface area contributed by atoms with Gasteiger partial charge in [0.2, 0.25) is 0 Å². The van der Waals surface area contributed by atoms with Crippen LogP contribution in [-0.2, 0) is 4.74 Å². The van der Waals surface area contributed by atoms with Gasteiger partial charge < -0.3 is 20.3 Å². The Morgan fingerprint density at radius 1 is 1.16 bits per heavy atom. The minimum Gasteiger partial charge on any atom is -0.381 e. The van der Waals surface area contributed by atoms with E-state index in [1.165, 1.54) is 0 Å². The molecule has 7 heteroatoms. The lowest BCUT2D eigenvalue weighted by Gasteiger charge is -2.27. The summed E-state index contributed by atoms with van der Waals surface area (Å²) < 4.78 is 44.8. The van der Waals surface area contributed by atoms with Gasteiger partial charge in [0.25, 0.3) is 5.91 Å². The van der Waals surface area contributed by atoms with E-state index >= 15 is 0 Å². The minimum absolute atomic E-state index is 0.0347. The Kier molecular flexibility index (Phi) is 4.82. The highest BCUT2D eigenvalue weighted by Gasteiger charge is 2.41. The average Bonchev–Trinajstić information content (AvgIpc) is 3.43. The summed E-state index contributed by atoms with van der Waals surface area (Å²) in [5.74, 6) is 0.916. The highest BCUT2D eigenvalue weighted by atomic mass is 16.5. The number of amides is 1. The van der Waals surface area contributed by atoms with Crippen LogP contribution in [0.1, 0.15) is 42.9 Å². The van der Waals surface area contributed by atoms with Gasteiger partial charge in [0.15, 0.2) is 0 Å². The fourth-order valence-corrected chi connectivity index (χ4v) is 5.34. The van der Waals surface area contributed by atoms with Crippen molar-refractivity contribution in [3.05, 3.63) is 42.0 Å². The van der Waals surface area contributed by atoms with Gasteiger partial charge >= 0.3 is 0 Å². The lowest BCUT2D eigenvalue weighted by Crippen LogP contribution is -2.32. The number of nitrogens with zero attached hydrogens (tertiary/aromatic N) is 3. The molecule has 0 bridgehead atoms. The Labute approximate surface area is 197 Å². The number of anilines is 1. The van der Waals surface area contributed by atoms with E-state index in [0.29, 0.717) is 42.1 Å². The first-order chi connectivity index (χ1) is 17.6. The number of hydrogen-bond acceptors (Lipinski definition) is 6. The predicted molar refractivity (Wildman–Crippen MR) is 124 cm³/mol. The van der Waals surface area contributed by atoms with Crippen molar-refractivity contribution in [1.29, 1.82) is 0 Å². The van der Waals surface area contributed by atoms with Crippen molar-refractivity contribution in [2.75, 3.05) is 45.1 Å². The van der Waals surface area contributed by atoms with E-state index in [9.17, 15) is 4.79 Å². The molecule has 3 heterocycles. The molecular weight excluding hydrogens is 402 g/mol. The standard InChI is InChI=1S/C25H33N5O2/c1-26-25(31)22-5-3-2-4-21(22)23-6-7-24(29-28-23)27-20-12-18-15-30(16-19(18)13-20)14-17-8-10-32-11-9-17/h2-7,17-20H,8-16H2,1H3,(H,26,31)(H,27,29)/t18-,19+,20?/i1D3,14D2. The summed E-state index contributed by atoms with van der Waals surface area (Å²) in [6.45, 7) is -0.988. The molecule has 3 fully saturated rings. The predicted octanol–water partition coefficient (Wildman–Crippen LogP) is 3.05. The second-order valence-corrected chi connectivity index (χ2v) is 9.06.